The number of azide groups is 1. The molecule has 0 aromatic rings. The Morgan fingerprint density at radius 3 is 2.85 bits per heavy atom. The molecule has 0 amide bonds. The Kier molecular flexibility index (Phi) is 2.53. The highest BCUT2D eigenvalue weighted by molar-refractivity contribution is 6.10. The van der Waals surface area contributed by atoms with Crippen LogP contribution in [0.5, 0.6) is 0 Å². The van der Waals surface area contributed by atoms with Crippen LogP contribution in [0.2, 0.25) is 0 Å². The van der Waals surface area contributed by atoms with Crippen molar-refractivity contribution in [1.82, 2.24) is 0 Å². The topological polar surface area (TPSA) is 92.1 Å². The molecule has 1 rings (SSSR count). The summed E-state index contributed by atoms with van der Waals surface area (Å²) in [5.74, 6) is -1.11. The zero-order valence-corrected chi connectivity index (χ0v) is 7.19. The first-order valence-corrected chi connectivity index (χ1v) is 3.85. The fourth-order valence-corrected chi connectivity index (χ4v) is 1.46. The van der Waals surface area contributed by atoms with Gasteiger partial charge in [-0.1, -0.05) is 5.11 Å². The van der Waals surface area contributed by atoms with Crippen molar-refractivity contribution in [1.29, 1.82) is 0 Å². The van der Waals surface area contributed by atoms with Gasteiger partial charge in [0, 0.05) is 11.3 Å². The fourth-order valence-electron chi connectivity index (χ4n) is 1.46. The van der Waals surface area contributed by atoms with Crippen molar-refractivity contribution in [3.05, 3.63) is 10.4 Å². The summed E-state index contributed by atoms with van der Waals surface area (Å²) >= 11 is 0. The standard InChI is InChI=1S/C7H9N3O3/c1-13-6(12)7(9-10-8)4-2-3-5(7)11/h2-4H2,1H3. The van der Waals surface area contributed by atoms with E-state index in [9.17, 15) is 9.59 Å². The molecule has 0 spiro atoms. The number of nitrogens with zero attached hydrogens (tertiary/aromatic N) is 3. The third-order valence-electron chi connectivity index (χ3n) is 2.14. The van der Waals surface area contributed by atoms with Gasteiger partial charge in [0.05, 0.1) is 7.11 Å². The maximum absolute atomic E-state index is 11.3. The van der Waals surface area contributed by atoms with Gasteiger partial charge in [0.1, 0.15) is 0 Å². The number of esters is 1. The summed E-state index contributed by atoms with van der Waals surface area (Å²) in [4.78, 5) is 25.1. The van der Waals surface area contributed by atoms with Crippen LogP contribution in [-0.4, -0.2) is 24.4 Å². The van der Waals surface area contributed by atoms with Crippen LogP contribution in [0.15, 0.2) is 5.11 Å². The summed E-state index contributed by atoms with van der Waals surface area (Å²) in [6.07, 6.45) is 1.09. The third kappa shape index (κ3) is 1.36. The Labute approximate surface area is 74.5 Å². The minimum atomic E-state index is -1.58. The predicted molar refractivity (Wildman–Crippen MR) is 42.8 cm³/mol. The molecule has 0 aliphatic heterocycles. The van der Waals surface area contributed by atoms with E-state index in [4.69, 9.17) is 5.53 Å². The van der Waals surface area contributed by atoms with E-state index < -0.39 is 11.5 Å². The number of ether oxygens (including phenoxy) is 1. The number of Topliss-reactive ketones (excluding diaryl/α,β-unsaturated/α-hetero) is 1. The number of rotatable bonds is 2. The Morgan fingerprint density at radius 1 is 1.77 bits per heavy atom. The smallest absolute Gasteiger partial charge is 0.325 e. The van der Waals surface area contributed by atoms with Gasteiger partial charge in [0.15, 0.2) is 5.78 Å². The van der Waals surface area contributed by atoms with E-state index in [1.807, 2.05) is 0 Å². The van der Waals surface area contributed by atoms with Crippen LogP contribution in [0.1, 0.15) is 19.3 Å². The molecule has 6 nitrogen and oxygen atoms in total. The van der Waals surface area contributed by atoms with Crippen LogP contribution in [0.25, 0.3) is 10.4 Å². The first-order valence-electron chi connectivity index (χ1n) is 3.85. The summed E-state index contributed by atoms with van der Waals surface area (Å²) in [5.41, 5.74) is 6.67. The minimum Gasteiger partial charge on any atom is -0.468 e. The van der Waals surface area contributed by atoms with Crippen LogP contribution in [0, 0.1) is 0 Å². The van der Waals surface area contributed by atoms with Crippen molar-refractivity contribution in [3.63, 3.8) is 0 Å². The highest BCUT2D eigenvalue weighted by Crippen LogP contribution is 2.31. The molecule has 0 saturated heterocycles. The van der Waals surface area contributed by atoms with Crippen molar-refractivity contribution in [2.45, 2.75) is 24.8 Å². The van der Waals surface area contributed by atoms with E-state index in [2.05, 4.69) is 14.8 Å². The van der Waals surface area contributed by atoms with Crippen LogP contribution < -0.4 is 0 Å². The van der Waals surface area contributed by atoms with E-state index in [1.54, 1.807) is 0 Å². The fraction of sp³-hybridized carbons (Fsp3) is 0.714. The van der Waals surface area contributed by atoms with Gasteiger partial charge < -0.3 is 4.74 Å². The zero-order valence-electron chi connectivity index (χ0n) is 7.19. The van der Waals surface area contributed by atoms with Gasteiger partial charge in [-0.05, 0) is 18.4 Å². The summed E-state index contributed by atoms with van der Waals surface area (Å²) in [7, 11) is 1.17. The molecule has 70 valence electrons. The molecule has 0 aromatic heterocycles. The van der Waals surface area contributed by atoms with E-state index in [0.29, 0.717) is 6.42 Å². The van der Waals surface area contributed by atoms with E-state index in [-0.39, 0.29) is 18.6 Å². The van der Waals surface area contributed by atoms with Crippen molar-refractivity contribution >= 4 is 11.8 Å². The first kappa shape index (κ1) is 9.54. The number of methoxy groups -OCH3 is 1. The summed E-state index contributed by atoms with van der Waals surface area (Å²) < 4.78 is 4.44. The second kappa shape index (κ2) is 3.45. The number of carbonyl (C=O) groups is 2. The summed E-state index contributed by atoms with van der Waals surface area (Å²) in [6, 6.07) is 0. The number of hydrogen-bond acceptors (Lipinski definition) is 4. The molecular weight excluding hydrogens is 174 g/mol. The van der Waals surface area contributed by atoms with Crippen LogP contribution in [0.3, 0.4) is 0 Å². The second-order valence-corrected chi connectivity index (χ2v) is 2.82. The Hall–Kier alpha value is -1.55. The molecule has 1 saturated carbocycles. The lowest BCUT2D eigenvalue weighted by molar-refractivity contribution is -0.150. The van der Waals surface area contributed by atoms with Crippen molar-refractivity contribution in [2.24, 2.45) is 5.11 Å². The van der Waals surface area contributed by atoms with Crippen molar-refractivity contribution < 1.29 is 14.3 Å². The van der Waals surface area contributed by atoms with Crippen LogP contribution >= 0.6 is 0 Å². The largest absolute Gasteiger partial charge is 0.468 e. The highest BCUT2D eigenvalue weighted by Gasteiger charge is 2.49. The lowest BCUT2D eigenvalue weighted by Gasteiger charge is -2.16. The molecule has 0 aromatic carbocycles. The molecule has 6 heteroatoms. The monoisotopic (exact) mass is 183 g/mol. The molecule has 1 aliphatic carbocycles. The second-order valence-electron chi connectivity index (χ2n) is 2.82. The molecule has 1 aliphatic rings. The van der Waals surface area contributed by atoms with Crippen LogP contribution in [0.4, 0.5) is 0 Å². The predicted octanol–water partition coefficient (Wildman–Crippen LogP) is 0.961. The maximum Gasteiger partial charge on any atom is 0.325 e. The quantitative estimate of drug-likeness (QED) is 0.210. The molecule has 1 fully saturated rings. The maximum atomic E-state index is 11.3. The van der Waals surface area contributed by atoms with Gasteiger partial charge in [-0.25, -0.2) is 0 Å². The zero-order chi connectivity index (χ0) is 9.90. The van der Waals surface area contributed by atoms with Gasteiger partial charge in [-0.2, -0.15) is 0 Å². The average molecular weight is 183 g/mol. The molecule has 0 bridgehead atoms. The lowest BCUT2D eigenvalue weighted by atomic mass is 9.98. The van der Waals surface area contributed by atoms with Gasteiger partial charge in [0.2, 0.25) is 5.54 Å². The molecule has 0 radical (unpaired) electrons. The minimum absolute atomic E-state index is 0.253. The van der Waals surface area contributed by atoms with E-state index in [1.165, 1.54) is 7.11 Å². The van der Waals surface area contributed by atoms with Gasteiger partial charge >= 0.3 is 5.97 Å². The number of ketones is 1. The molecule has 0 heterocycles. The van der Waals surface area contributed by atoms with Crippen LogP contribution in [-0.2, 0) is 14.3 Å². The third-order valence-corrected chi connectivity index (χ3v) is 2.14. The van der Waals surface area contributed by atoms with Gasteiger partial charge in [-0.3, -0.25) is 9.59 Å². The molecule has 1 unspecified atom stereocenters. The SMILES string of the molecule is COC(=O)C1(N=[N+]=[N-])CCCC1=O. The highest BCUT2D eigenvalue weighted by atomic mass is 16.5. The number of hydrogen-bond donors (Lipinski definition) is 0. The van der Waals surface area contributed by atoms with E-state index >= 15 is 0 Å². The summed E-state index contributed by atoms with van der Waals surface area (Å²) in [6.45, 7) is 0. The summed E-state index contributed by atoms with van der Waals surface area (Å²) in [5, 5.41) is 3.26. The first-order chi connectivity index (χ1) is 6.17. The molecule has 13 heavy (non-hydrogen) atoms. The van der Waals surface area contributed by atoms with E-state index in [0.717, 1.165) is 0 Å². The average Bonchev–Trinajstić information content (AvgIpc) is 2.48. The van der Waals surface area contributed by atoms with Crippen molar-refractivity contribution in [2.75, 3.05) is 7.11 Å². The molecule has 1 atom stereocenters. The molecule has 0 N–H and O–H groups in total. The normalized spacial score (nSPS) is 26.7. The number of carbonyl (C=O) groups excluding carboxylic acids is 2. The van der Waals surface area contributed by atoms with Crippen molar-refractivity contribution in [3.8, 4) is 0 Å². The Balaban J connectivity index is 3.07. The lowest BCUT2D eigenvalue weighted by Crippen LogP contribution is -2.41. The molecular formula is C7H9N3O3. The Morgan fingerprint density at radius 2 is 2.46 bits per heavy atom. The van der Waals surface area contributed by atoms with Gasteiger partial charge in [-0.15, -0.1) is 0 Å². The Bertz CT molecular complexity index is 295. The van der Waals surface area contributed by atoms with Gasteiger partial charge in [0.25, 0.3) is 0 Å².